The molecule has 6 nitrogen and oxygen atoms in total. The Balaban J connectivity index is 1.55. The lowest BCUT2D eigenvalue weighted by Gasteiger charge is -2.43. The van der Waals surface area contributed by atoms with E-state index in [4.69, 9.17) is 16.3 Å². The van der Waals surface area contributed by atoms with Crippen LogP contribution in [0.15, 0.2) is 36.4 Å². The van der Waals surface area contributed by atoms with Gasteiger partial charge in [0.15, 0.2) is 0 Å². The molecule has 2 saturated heterocycles. The van der Waals surface area contributed by atoms with Crippen LogP contribution in [0.25, 0.3) is 0 Å². The number of nitrogens with zero attached hydrogens (tertiary/aromatic N) is 2. The summed E-state index contributed by atoms with van der Waals surface area (Å²) in [4.78, 5) is 30.1. The quantitative estimate of drug-likeness (QED) is 0.600. The molecular weight excluding hydrogens is 483 g/mol. The van der Waals surface area contributed by atoms with Gasteiger partial charge in [-0.3, -0.25) is 9.59 Å². The molecule has 36 heavy (non-hydrogen) atoms. The number of carbonyl (C=O) groups excluding carboxylic acids is 2. The summed E-state index contributed by atoms with van der Waals surface area (Å²) < 4.78 is 20.0. The maximum Gasteiger partial charge on any atom is 0.253 e. The first-order valence-electron chi connectivity index (χ1n) is 12.6. The van der Waals surface area contributed by atoms with Crippen LogP contribution in [-0.2, 0) is 4.79 Å². The Morgan fingerprint density at radius 1 is 1.11 bits per heavy atom. The zero-order valence-corrected chi connectivity index (χ0v) is 21.7. The van der Waals surface area contributed by atoms with Crippen molar-refractivity contribution < 1.29 is 23.8 Å². The summed E-state index contributed by atoms with van der Waals surface area (Å²) in [5, 5.41) is 10.5. The third-order valence-electron chi connectivity index (χ3n) is 7.32. The summed E-state index contributed by atoms with van der Waals surface area (Å²) in [6.07, 6.45) is 2.47. The van der Waals surface area contributed by atoms with Crippen molar-refractivity contribution in [3.8, 4) is 5.75 Å². The van der Waals surface area contributed by atoms with Crippen LogP contribution in [0.4, 0.5) is 4.39 Å². The van der Waals surface area contributed by atoms with Crippen LogP contribution in [0, 0.1) is 25.1 Å². The molecule has 2 heterocycles. The number of piperidine rings is 2. The SMILES string of the molecule is Cc1cc(OC[C@]2(CC(=O)N3CCC(O)CC3)CCCN(C(=O)c3cccc(F)c3)C2)cc(C)c1Cl. The molecule has 8 heteroatoms. The lowest BCUT2D eigenvalue weighted by Crippen LogP contribution is -2.51. The van der Waals surface area contributed by atoms with Crippen LogP contribution >= 0.6 is 11.6 Å². The number of carbonyl (C=O) groups is 2. The highest BCUT2D eigenvalue weighted by Gasteiger charge is 2.41. The number of amides is 2. The van der Waals surface area contributed by atoms with E-state index >= 15 is 0 Å². The number of likely N-dealkylation sites (tertiary alicyclic amines) is 2. The van der Waals surface area contributed by atoms with Gasteiger partial charge in [-0.25, -0.2) is 4.39 Å². The molecule has 0 aromatic heterocycles. The minimum Gasteiger partial charge on any atom is -0.493 e. The van der Waals surface area contributed by atoms with Crippen molar-refractivity contribution in [1.82, 2.24) is 9.80 Å². The molecule has 2 aliphatic heterocycles. The monoisotopic (exact) mass is 516 g/mol. The van der Waals surface area contributed by atoms with E-state index in [0.29, 0.717) is 55.4 Å². The lowest BCUT2D eigenvalue weighted by atomic mass is 9.77. The zero-order valence-electron chi connectivity index (χ0n) is 20.9. The third-order valence-corrected chi connectivity index (χ3v) is 7.91. The molecule has 0 radical (unpaired) electrons. The number of aliphatic hydroxyl groups is 1. The molecule has 2 aromatic carbocycles. The highest BCUT2D eigenvalue weighted by Crippen LogP contribution is 2.37. The highest BCUT2D eigenvalue weighted by molar-refractivity contribution is 6.32. The van der Waals surface area contributed by atoms with Crippen molar-refractivity contribution in [1.29, 1.82) is 0 Å². The molecule has 1 atom stereocenters. The second-order valence-electron chi connectivity index (χ2n) is 10.3. The Hall–Kier alpha value is -2.64. The summed E-state index contributed by atoms with van der Waals surface area (Å²) in [5.74, 6) is -0.0152. The topological polar surface area (TPSA) is 70.1 Å². The van der Waals surface area contributed by atoms with Crippen LogP contribution in [-0.4, -0.2) is 65.6 Å². The largest absolute Gasteiger partial charge is 0.493 e. The van der Waals surface area contributed by atoms with Crippen molar-refractivity contribution in [2.45, 2.75) is 52.1 Å². The summed E-state index contributed by atoms with van der Waals surface area (Å²) in [7, 11) is 0. The average molecular weight is 517 g/mol. The van der Waals surface area contributed by atoms with E-state index in [1.54, 1.807) is 15.9 Å². The fourth-order valence-electron chi connectivity index (χ4n) is 5.27. The first kappa shape index (κ1) is 26.4. The van der Waals surface area contributed by atoms with E-state index in [-0.39, 0.29) is 30.9 Å². The van der Waals surface area contributed by atoms with Crippen molar-refractivity contribution in [3.63, 3.8) is 0 Å². The van der Waals surface area contributed by atoms with Crippen LogP contribution in [0.3, 0.4) is 0 Å². The number of halogens is 2. The molecule has 2 aliphatic rings. The Labute approximate surface area is 217 Å². The molecule has 4 rings (SSSR count). The highest BCUT2D eigenvalue weighted by atomic mass is 35.5. The van der Waals surface area contributed by atoms with E-state index < -0.39 is 11.2 Å². The Kier molecular flexibility index (Phi) is 8.20. The predicted octanol–water partition coefficient (Wildman–Crippen LogP) is 4.77. The summed E-state index contributed by atoms with van der Waals surface area (Å²) in [5.41, 5.74) is 1.54. The third kappa shape index (κ3) is 6.19. The van der Waals surface area contributed by atoms with Crippen LogP contribution in [0.1, 0.15) is 53.6 Å². The van der Waals surface area contributed by atoms with Gasteiger partial charge in [0.1, 0.15) is 11.6 Å². The van der Waals surface area contributed by atoms with Crippen molar-refractivity contribution in [2.24, 2.45) is 5.41 Å². The number of aliphatic hydroxyl groups excluding tert-OH is 1. The molecule has 0 bridgehead atoms. The number of ether oxygens (including phenoxy) is 1. The second-order valence-corrected chi connectivity index (χ2v) is 10.7. The molecule has 2 aromatic rings. The molecule has 194 valence electrons. The molecule has 0 saturated carbocycles. The maximum absolute atomic E-state index is 13.8. The summed E-state index contributed by atoms with van der Waals surface area (Å²) in [6.45, 7) is 6.05. The van der Waals surface area contributed by atoms with E-state index in [2.05, 4.69) is 0 Å². The van der Waals surface area contributed by atoms with Gasteiger partial charge in [-0.1, -0.05) is 17.7 Å². The zero-order chi connectivity index (χ0) is 25.9. The van der Waals surface area contributed by atoms with E-state index in [0.717, 1.165) is 24.0 Å². The standard InChI is InChI=1S/C28H34ClFN2O4/c1-19-13-24(14-20(2)26(19)29)36-18-28(16-25(34)31-11-7-23(33)8-12-31)9-4-10-32(17-28)27(35)21-5-3-6-22(30)15-21/h3,5-6,13-15,23,33H,4,7-12,16-18H2,1-2H3/t28-/m0/s1. The summed E-state index contributed by atoms with van der Waals surface area (Å²) in [6, 6.07) is 9.47. The van der Waals surface area contributed by atoms with Gasteiger partial charge in [-0.2, -0.15) is 0 Å². The minimum absolute atomic E-state index is 0.00835. The predicted molar refractivity (Wildman–Crippen MR) is 137 cm³/mol. The van der Waals surface area contributed by atoms with Gasteiger partial charge in [0.25, 0.3) is 5.91 Å². The maximum atomic E-state index is 13.8. The molecule has 2 fully saturated rings. The van der Waals surface area contributed by atoms with Crippen molar-refractivity contribution >= 4 is 23.4 Å². The first-order valence-corrected chi connectivity index (χ1v) is 12.9. The van der Waals surface area contributed by atoms with Gasteiger partial charge >= 0.3 is 0 Å². The molecule has 0 aliphatic carbocycles. The van der Waals surface area contributed by atoms with E-state index in [1.807, 2.05) is 26.0 Å². The van der Waals surface area contributed by atoms with Crippen LogP contribution in [0.2, 0.25) is 5.02 Å². The number of hydrogen-bond donors (Lipinski definition) is 1. The minimum atomic E-state index is -0.587. The van der Waals surface area contributed by atoms with Gasteiger partial charge in [-0.05, 0) is 81.0 Å². The average Bonchev–Trinajstić information content (AvgIpc) is 2.86. The molecular formula is C28H34ClFN2O4. The van der Waals surface area contributed by atoms with Gasteiger partial charge in [0, 0.05) is 48.6 Å². The van der Waals surface area contributed by atoms with Gasteiger partial charge < -0.3 is 19.6 Å². The van der Waals surface area contributed by atoms with Crippen LogP contribution in [0.5, 0.6) is 5.75 Å². The Bertz CT molecular complexity index is 1100. The second kappa shape index (κ2) is 11.2. The smallest absolute Gasteiger partial charge is 0.253 e. The fraction of sp³-hybridized carbons (Fsp3) is 0.500. The number of hydrogen-bond acceptors (Lipinski definition) is 4. The molecule has 1 N–H and O–H groups in total. The van der Waals surface area contributed by atoms with E-state index in [1.165, 1.54) is 18.2 Å². The molecule has 2 amide bonds. The van der Waals surface area contributed by atoms with Gasteiger partial charge in [-0.15, -0.1) is 0 Å². The molecule has 0 unspecified atom stereocenters. The van der Waals surface area contributed by atoms with Crippen molar-refractivity contribution in [2.75, 3.05) is 32.8 Å². The summed E-state index contributed by atoms with van der Waals surface area (Å²) >= 11 is 6.32. The Morgan fingerprint density at radius 3 is 2.47 bits per heavy atom. The number of rotatable bonds is 6. The first-order chi connectivity index (χ1) is 17.2. The lowest BCUT2D eigenvalue weighted by molar-refractivity contribution is -0.137. The number of aryl methyl sites for hydroxylation is 2. The Morgan fingerprint density at radius 2 is 1.81 bits per heavy atom. The normalized spacial score (nSPS) is 20.9. The number of benzene rings is 2. The van der Waals surface area contributed by atoms with Gasteiger partial charge in [0.05, 0.1) is 12.7 Å². The van der Waals surface area contributed by atoms with Crippen LogP contribution < -0.4 is 4.74 Å². The van der Waals surface area contributed by atoms with E-state index in [9.17, 15) is 19.1 Å². The fourth-order valence-corrected chi connectivity index (χ4v) is 5.38. The van der Waals surface area contributed by atoms with Gasteiger partial charge in [0.2, 0.25) is 5.91 Å². The molecule has 0 spiro atoms. The van der Waals surface area contributed by atoms with Crippen molar-refractivity contribution in [3.05, 3.63) is 63.9 Å².